The molecular weight excluding hydrogens is 344 g/mol. The molecule has 3 N–H and O–H groups in total. The quantitative estimate of drug-likeness (QED) is 0.795. The molecule has 142 valence electrons. The van der Waals surface area contributed by atoms with E-state index in [1.54, 1.807) is 13.8 Å². The number of amides is 1. The van der Waals surface area contributed by atoms with E-state index >= 15 is 0 Å². The number of carbonyl (C=O) groups is 1. The van der Waals surface area contributed by atoms with E-state index < -0.39 is 11.5 Å². The van der Waals surface area contributed by atoms with Crippen molar-refractivity contribution in [3.05, 3.63) is 35.2 Å². The van der Waals surface area contributed by atoms with Gasteiger partial charge in [-0.3, -0.25) is 4.79 Å². The number of hydrogen-bond donors (Lipinski definition) is 2. The number of nitrogens with zero attached hydrogens (tertiary/aromatic N) is 3. The highest BCUT2D eigenvalue weighted by Crippen LogP contribution is 2.34. The van der Waals surface area contributed by atoms with Crippen molar-refractivity contribution >= 4 is 5.91 Å². The summed E-state index contributed by atoms with van der Waals surface area (Å²) in [5, 5.41) is 9.83. The Kier molecular flexibility index (Phi) is 4.96. The zero-order valence-corrected chi connectivity index (χ0v) is 16.0. The zero-order chi connectivity index (χ0) is 19.8. The number of rotatable bonds is 3. The van der Waals surface area contributed by atoms with Crippen LogP contribution in [-0.2, 0) is 13.1 Å². The van der Waals surface area contributed by atoms with E-state index in [1.165, 1.54) is 0 Å². The van der Waals surface area contributed by atoms with Gasteiger partial charge in [-0.25, -0.2) is 4.98 Å². The van der Waals surface area contributed by atoms with E-state index in [4.69, 9.17) is 10.5 Å². The smallest absolute Gasteiger partial charge is 0.269 e. The minimum absolute atomic E-state index is 0.277. The molecule has 0 saturated heterocycles. The molecule has 0 atom stereocenters. The van der Waals surface area contributed by atoms with E-state index in [0.717, 1.165) is 16.8 Å². The van der Waals surface area contributed by atoms with Crippen LogP contribution in [0.5, 0.6) is 5.75 Å². The fourth-order valence-corrected chi connectivity index (χ4v) is 2.97. The van der Waals surface area contributed by atoms with Crippen molar-refractivity contribution in [2.24, 2.45) is 5.73 Å². The molecule has 0 fully saturated rings. The van der Waals surface area contributed by atoms with Crippen LogP contribution < -0.4 is 10.5 Å². The Morgan fingerprint density at radius 3 is 2.81 bits per heavy atom. The largest absolute Gasteiger partial charge is 0.491 e. The lowest BCUT2D eigenvalue weighted by Crippen LogP contribution is -2.21. The predicted octanol–water partition coefficient (Wildman–Crippen LogP) is 1.23. The van der Waals surface area contributed by atoms with Crippen LogP contribution in [0.4, 0.5) is 0 Å². The summed E-state index contributed by atoms with van der Waals surface area (Å²) in [6.07, 6.45) is 0. The monoisotopic (exact) mass is 368 g/mol. The van der Waals surface area contributed by atoms with E-state index in [1.807, 2.05) is 41.8 Å². The zero-order valence-electron chi connectivity index (χ0n) is 16.0. The van der Waals surface area contributed by atoms with Gasteiger partial charge < -0.3 is 25.0 Å². The Morgan fingerprint density at radius 1 is 1.44 bits per heavy atom. The highest BCUT2D eigenvalue weighted by molar-refractivity contribution is 5.93. The van der Waals surface area contributed by atoms with Crippen molar-refractivity contribution in [2.45, 2.75) is 32.5 Å². The van der Waals surface area contributed by atoms with Gasteiger partial charge in [-0.15, -0.1) is 0 Å². The second kappa shape index (κ2) is 7.06. The lowest BCUT2D eigenvalue weighted by molar-refractivity contribution is 0.0994. The number of nitrogens with two attached hydrogens (primary N) is 1. The standard InChI is InChI=1S/C20H24N4O3/c1-20(2,26)8-7-13-5-6-16-14(11-13)19-22-17(18(21)25)15(12-23(3)4)24(19)9-10-27-16/h5-6,11,26H,9-10,12H2,1-4H3,(H2,21,25). The van der Waals surface area contributed by atoms with Gasteiger partial charge in [0, 0.05) is 12.1 Å². The number of hydrogen-bond acceptors (Lipinski definition) is 5. The Morgan fingerprint density at radius 2 is 2.19 bits per heavy atom. The highest BCUT2D eigenvalue weighted by Gasteiger charge is 2.26. The third-order valence-corrected chi connectivity index (χ3v) is 4.08. The first kappa shape index (κ1) is 19.0. The normalized spacial score (nSPS) is 13.1. The molecule has 7 heteroatoms. The molecule has 1 aliphatic heterocycles. The predicted molar refractivity (Wildman–Crippen MR) is 102 cm³/mol. The molecule has 1 amide bonds. The van der Waals surface area contributed by atoms with Crippen LogP contribution in [0.3, 0.4) is 0 Å². The number of aliphatic hydroxyl groups is 1. The van der Waals surface area contributed by atoms with Crippen LogP contribution in [0.2, 0.25) is 0 Å². The number of benzene rings is 1. The van der Waals surface area contributed by atoms with Crippen molar-refractivity contribution in [1.82, 2.24) is 14.5 Å². The third-order valence-electron chi connectivity index (χ3n) is 4.08. The molecule has 0 saturated carbocycles. The average molecular weight is 368 g/mol. The molecule has 0 bridgehead atoms. The van der Waals surface area contributed by atoms with Crippen LogP contribution in [-0.4, -0.2) is 51.8 Å². The maximum absolute atomic E-state index is 11.9. The van der Waals surface area contributed by atoms with Crippen LogP contribution in [0.1, 0.15) is 35.6 Å². The Bertz CT molecular complexity index is 943. The Balaban J connectivity index is 2.17. The van der Waals surface area contributed by atoms with Crippen LogP contribution in [0.25, 0.3) is 11.4 Å². The van der Waals surface area contributed by atoms with Gasteiger partial charge in [-0.05, 0) is 46.1 Å². The summed E-state index contributed by atoms with van der Waals surface area (Å²) >= 11 is 0. The first-order chi connectivity index (χ1) is 12.7. The van der Waals surface area contributed by atoms with E-state index in [0.29, 0.717) is 31.3 Å². The van der Waals surface area contributed by atoms with Gasteiger partial charge in [0.1, 0.15) is 23.8 Å². The lowest BCUT2D eigenvalue weighted by Gasteiger charge is -2.13. The number of ether oxygens (including phenoxy) is 1. The maximum Gasteiger partial charge on any atom is 0.269 e. The lowest BCUT2D eigenvalue weighted by atomic mass is 10.1. The second-order valence-corrected chi connectivity index (χ2v) is 7.35. The van der Waals surface area contributed by atoms with Gasteiger partial charge in [-0.1, -0.05) is 11.8 Å². The maximum atomic E-state index is 11.9. The molecule has 0 unspecified atom stereocenters. The van der Waals surface area contributed by atoms with Crippen LogP contribution >= 0.6 is 0 Å². The first-order valence-corrected chi connectivity index (χ1v) is 8.72. The summed E-state index contributed by atoms with van der Waals surface area (Å²) in [5.41, 5.74) is 7.02. The third kappa shape index (κ3) is 4.13. The molecule has 2 heterocycles. The van der Waals surface area contributed by atoms with Crippen molar-refractivity contribution in [2.75, 3.05) is 20.7 Å². The van der Waals surface area contributed by atoms with Crippen molar-refractivity contribution < 1.29 is 14.6 Å². The molecular formula is C20H24N4O3. The Labute approximate surface area is 158 Å². The van der Waals surface area contributed by atoms with Crippen LogP contribution in [0.15, 0.2) is 18.2 Å². The van der Waals surface area contributed by atoms with Gasteiger partial charge in [-0.2, -0.15) is 0 Å². The number of carbonyl (C=O) groups excluding carboxylic acids is 1. The average Bonchev–Trinajstić information content (AvgIpc) is 2.80. The van der Waals surface area contributed by atoms with E-state index in [2.05, 4.69) is 16.8 Å². The second-order valence-electron chi connectivity index (χ2n) is 7.35. The molecule has 0 spiro atoms. The number of imidazole rings is 1. The summed E-state index contributed by atoms with van der Waals surface area (Å²) in [5.74, 6) is 6.54. The molecule has 3 rings (SSSR count). The topological polar surface area (TPSA) is 93.6 Å². The van der Waals surface area contributed by atoms with Crippen molar-refractivity contribution in [3.63, 3.8) is 0 Å². The van der Waals surface area contributed by atoms with Gasteiger partial charge in [0.05, 0.1) is 17.8 Å². The molecule has 7 nitrogen and oxygen atoms in total. The summed E-state index contributed by atoms with van der Waals surface area (Å²) in [6, 6.07) is 5.54. The Hall–Kier alpha value is -2.82. The molecule has 0 aliphatic carbocycles. The first-order valence-electron chi connectivity index (χ1n) is 8.72. The summed E-state index contributed by atoms with van der Waals surface area (Å²) in [4.78, 5) is 18.5. The summed E-state index contributed by atoms with van der Waals surface area (Å²) in [6.45, 7) is 4.83. The number of primary amides is 1. The van der Waals surface area contributed by atoms with Gasteiger partial charge in [0.25, 0.3) is 5.91 Å². The van der Waals surface area contributed by atoms with Crippen molar-refractivity contribution in [3.8, 4) is 29.0 Å². The molecule has 0 radical (unpaired) electrons. The fraction of sp³-hybridized carbons (Fsp3) is 0.400. The molecule has 1 aliphatic rings. The van der Waals surface area contributed by atoms with E-state index in [9.17, 15) is 9.90 Å². The minimum Gasteiger partial charge on any atom is -0.491 e. The molecule has 1 aromatic heterocycles. The van der Waals surface area contributed by atoms with E-state index in [-0.39, 0.29) is 5.69 Å². The fourth-order valence-electron chi connectivity index (χ4n) is 2.97. The van der Waals surface area contributed by atoms with Gasteiger partial charge in [0.15, 0.2) is 5.69 Å². The SMILES string of the molecule is CN(C)Cc1c(C(N)=O)nc2n1CCOc1ccc(C#CC(C)(C)O)cc1-2. The van der Waals surface area contributed by atoms with Gasteiger partial charge >= 0.3 is 0 Å². The molecule has 27 heavy (non-hydrogen) atoms. The number of fused-ring (bicyclic) bond motifs is 3. The summed E-state index contributed by atoms with van der Waals surface area (Å²) < 4.78 is 7.85. The number of aromatic nitrogens is 2. The minimum atomic E-state index is -1.08. The van der Waals surface area contributed by atoms with Crippen LogP contribution in [0, 0.1) is 11.8 Å². The summed E-state index contributed by atoms with van der Waals surface area (Å²) in [7, 11) is 3.85. The highest BCUT2D eigenvalue weighted by atomic mass is 16.5. The van der Waals surface area contributed by atoms with Gasteiger partial charge in [0.2, 0.25) is 0 Å². The molecule has 2 aromatic rings. The molecule has 1 aromatic carbocycles. The van der Waals surface area contributed by atoms with Crippen molar-refractivity contribution in [1.29, 1.82) is 0 Å².